The van der Waals surface area contributed by atoms with E-state index in [1.165, 1.54) is 5.56 Å². The summed E-state index contributed by atoms with van der Waals surface area (Å²) < 4.78 is 0. The summed E-state index contributed by atoms with van der Waals surface area (Å²) in [5.74, 6) is 5.66. The van der Waals surface area contributed by atoms with Crippen molar-refractivity contribution in [2.24, 2.45) is 5.84 Å². The van der Waals surface area contributed by atoms with Crippen LogP contribution in [0.25, 0.3) is 0 Å². The first-order valence-corrected chi connectivity index (χ1v) is 9.99. The van der Waals surface area contributed by atoms with Crippen LogP contribution in [0.3, 0.4) is 0 Å². The second kappa shape index (κ2) is 9.12. The molecular formula is C19H21ClN4O2S. The predicted molar refractivity (Wildman–Crippen MR) is 109 cm³/mol. The lowest BCUT2D eigenvalue weighted by Crippen LogP contribution is -2.44. The van der Waals surface area contributed by atoms with Crippen LogP contribution in [0.2, 0.25) is 5.02 Å². The minimum atomic E-state index is -0.343. The van der Waals surface area contributed by atoms with Gasteiger partial charge >= 0.3 is 6.03 Å². The number of nitrogen functional groups attached to an aromatic ring is 1. The quantitative estimate of drug-likeness (QED) is 0.415. The fourth-order valence-corrected chi connectivity index (χ4v) is 4.23. The van der Waals surface area contributed by atoms with Crippen molar-refractivity contribution in [1.82, 2.24) is 15.6 Å². The molecule has 0 radical (unpaired) electrons. The molecule has 0 aromatic heterocycles. The standard InChI is InChI=1S/C19H21ClN4O2S/c20-16-7-5-14(6-8-16)17-12-24(9-10-27-17)19(26)22-11-13-1-3-15(4-2-13)18(25)23-21/h1-8,17H,9-12,21H2,(H,22,26)(H,23,25). The van der Waals surface area contributed by atoms with Crippen molar-refractivity contribution >= 4 is 35.3 Å². The minimum Gasteiger partial charge on any atom is -0.334 e. The third-order valence-electron chi connectivity index (χ3n) is 4.39. The second-order valence-electron chi connectivity index (χ2n) is 6.19. The highest BCUT2D eigenvalue weighted by molar-refractivity contribution is 7.99. The molecule has 3 amide bonds. The Balaban J connectivity index is 1.54. The van der Waals surface area contributed by atoms with E-state index < -0.39 is 0 Å². The van der Waals surface area contributed by atoms with Gasteiger partial charge in [-0.3, -0.25) is 10.2 Å². The van der Waals surface area contributed by atoms with Gasteiger partial charge in [0.25, 0.3) is 5.91 Å². The SMILES string of the molecule is NNC(=O)c1ccc(CNC(=O)N2CCSC(c3ccc(Cl)cc3)C2)cc1. The largest absolute Gasteiger partial charge is 0.334 e. The maximum atomic E-state index is 12.5. The number of thioether (sulfide) groups is 1. The molecule has 1 fully saturated rings. The number of hydrazine groups is 1. The number of carbonyl (C=O) groups excluding carboxylic acids is 2. The summed E-state index contributed by atoms with van der Waals surface area (Å²) in [5, 5.41) is 3.90. The van der Waals surface area contributed by atoms with Crippen LogP contribution in [0.4, 0.5) is 4.79 Å². The number of hydrogen-bond donors (Lipinski definition) is 3. The number of urea groups is 1. The highest BCUT2D eigenvalue weighted by Crippen LogP contribution is 2.33. The van der Waals surface area contributed by atoms with Crippen molar-refractivity contribution in [3.63, 3.8) is 0 Å². The zero-order valence-corrected chi connectivity index (χ0v) is 16.2. The fraction of sp³-hybridized carbons (Fsp3) is 0.263. The van der Waals surface area contributed by atoms with Gasteiger partial charge in [-0.15, -0.1) is 0 Å². The number of rotatable bonds is 4. The molecule has 1 unspecified atom stereocenters. The smallest absolute Gasteiger partial charge is 0.317 e. The van der Waals surface area contributed by atoms with Gasteiger partial charge in [0.05, 0.1) is 0 Å². The highest BCUT2D eigenvalue weighted by Gasteiger charge is 2.25. The van der Waals surface area contributed by atoms with Gasteiger partial charge in [-0.05, 0) is 35.4 Å². The molecule has 2 aromatic rings. The van der Waals surface area contributed by atoms with Crippen molar-refractivity contribution in [2.45, 2.75) is 11.8 Å². The molecule has 1 aliphatic rings. The Bertz CT molecular complexity index is 798. The summed E-state index contributed by atoms with van der Waals surface area (Å²) in [6.07, 6.45) is 0. The van der Waals surface area contributed by atoms with Gasteiger partial charge in [0, 0.05) is 41.2 Å². The normalized spacial score (nSPS) is 16.7. The first-order valence-electron chi connectivity index (χ1n) is 8.56. The molecule has 0 spiro atoms. The first-order chi connectivity index (χ1) is 13.1. The summed E-state index contributed by atoms with van der Waals surface area (Å²) >= 11 is 7.81. The zero-order chi connectivity index (χ0) is 19.2. The van der Waals surface area contributed by atoms with Crippen LogP contribution >= 0.6 is 23.4 Å². The maximum absolute atomic E-state index is 12.5. The Morgan fingerprint density at radius 3 is 2.52 bits per heavy atom. The van der Waals surface area contributed by atoms with E-state index in [0.717, 1.165) is 17.9 Å². The highest BCUT2D eigenvalue weighted by atomic mass is 35.5. The lowest BCUT2D eigenvalue weighted by Gasteiger charge is -2.32. The average molecular weight is 405 g/mol. The van der Waals surface area contributed by atoms with Gasteiger partial charge < -0.3 is 10.2 Å². The van der Waals surface area contributed by atoms with Crippen LogP contribution in [0.15, 0.2) is 48.5 Å². The average Bonchev–Trinajstić information content (AvgIpc) is 2.72. The monoisotopic (exact) mass is 404 g/mol. The number of hydrogen-bond acceptors (Lipinski definition) is 4. The van der Waals surface area contributed by atoms with Crippen LogP contribution in [-0.4, -0.2) is 35.7 Å². The van der Waals surface area contributed by atoms with E-state index in [1.807, 2.05) is 40.9 Å². The maximum Gasteiger partial charge on any atom is 0.317 e. The molecule has 2 aromatic carbocycles. The molecule has 1 atom stereocenters. The van der Waals surface area contributed by atoms with Crippen LogP contribution in [-0.2, 0) is 6.54 Å². The lowest BCUT2D eigenvalue weighted by atomic mass is 10.1. The molecule has 142 valence electrons. The van der Waals surface area contributed by atoms with Crippen molar-refractivity contribution in [3.8, 4) is 0 Å². The van der Waals surface area contributed by atoms with Crippen molar-refractivity contribution in [3.05, 3.63) is 70.2 Å². The number of nitrogens with one attached hydrogen (secondary N) is 2. The topological polar surface area (TPSA) is 87.5 Å². The number of carbonyl (C=O) groups is 2. The van der Waals surface area contributed by atoms with Gasteiger partial charge in [0.1, 0.15) is 0 Å². The molecule has 3 rings (SSSR count). The molecule has 8 heteroatoms. The van der Waals surface area contributed by atoms with Crippen LogP contribution in [0, 0.1) is 0 Å². The summed E-state index contributed by atoms with van der Waals surface area (Å²) in [6, 6.07) is 14.7. The lowest BCUT2D eigenvalue weighted by molar-refractivity contribution is 0.0953. The van der Waals surface area contributed by atoms with E-state index in [-0.39, 0.29) is 17.2 Å². The Hall–Kier alpha value is -2.22. The number of benzene rings is 2. The molecule has 0 bridgehead atoms. The van der Waals surface area contributed by atoms with Crippen LogP contribution in [0.1, 0.15) is 26.7 Å². The zero-order valence-electron chi connectivity index (χ0n) is 14.7. The second-order valence-corrected chi connectivity index (χ2v) is 7.93. The molecule has 0 aliphatic carbocycles. The summed E-state index contributed by atoms with van der Waals surface area (Å²) in [5.41, 5.74) is 4.66. The summed E-state index contributed by atoms with van der Waals surface area (Å²) in [7, 11) is 0. The molecule has 1 saturated heterocycles. The van der Waals surface area contributed by atoms with E-state index in [2.05, 4.69) is 10.7 Å². The van der Waals surface area contributed by atoms with Crippen molar-refractivity contribution in [2.75, 3.05) is 18.8 Å². The van der Waals surface area contributed by atoms with Gasteiger partial charge in [-0.2, -0.15) is 11.8 Å². The molecule has 1 heterocycles. The summed E-state index contributed by atoms with van der Waals surface area (Å²) in [4.78, 5) is 25.8. The van der Waals surface area contributed by atoms with E-state index in [1.54, 1.807) is 24.3 Å². The molecule has 1 aliphatic heterocycles. The number of amides is 3. The molecular weight excluding hydrogens is 384 g/mol. The molecule has 0 saturated carbocycles. The van der Waals surface area contributed by atoms with E-state index in [4.69, 9.17) is 17.4 Å². The number of nitrogens with zero attached hydrogens (tertiary/aromatic N) is 1. The first kappa shape index (κ1) is 19.5. The van der Waals surface area contributed by atoms with Gasteiger partial charge in [0.2, 0.25) is 0 Å². The predicted octanol–water partition coefficient (Wildman–Crippen LogP) is 2.94. The van der Waals surface area contributed by atoms with Gasteiger partial charge in [-0.25, -0.2) is 10.6 Å². The number of nitrogens with two attached hydrogens (primary N) is 1. The molecule has 4 N–H and O–H groups in total. The number of halogens is 1. The van der Waals surface area contributed by atoms with Crippen molar-refractivity contribution in [1.29, 1.82) is 0 Å². The van der Waals surface area contributed by atoms with Crippen LogP contribution in [0.5, 0.6) is 0 Å². The fourth-order valence-electron chi connectivity index (χ4n) is 2.86. The Kier molecular flexibility index (Phi) is 6.60. The Morgan fingerprint density at radius 2 is 1.85 bits per heavy atom. The molecule has 27 heavy (non-hydrogen) atoms. The van der Waals surface area contributed by atoms with Crippen LogP contribution < -0.4 is 16.6 Å². The van der Waals surface area contributed by atoms with E-state index in [0.29, 0.717) is 23.7 Å². The Morgan fingerprint density at radius 1 is 1.15 bits per heavy atom. The third kappa shape index (κ3) is 5.15. The van der Waals surface area contributed by atoms with E-state index in [9.17, 15) is 9.59 Å². The van der Waals surface area contributed by atoms with Gasteiger partial charge in [0.15, 0.2) is 0 Å². The van der Waals surface area contributed by atoms with E-state index >= 15 is 0 Å². The molecule has 6 nitrogen and oxygen atoms in total. The summed E-state index contributed by atoms with van der Waals surface area (Å²) in [6.45, 7) is 1.78. The van der Waals surface area contributed by atoms with Gasteiger partial charge in [-0.1, -0.05) is 35.9 Å². The third-order valence-corrected chi connectivity index (χ3v) is 5.88. The Labute approximate surface area is 167 Å². The van der Waals surface area contributed by atoms with Crippen molar-refractivity contribution < 1.29 is 9.59 Å². The minimum absolute atomic E-state index is 0.0851.